The van der Waals surface area contributed by atoms with Gasteiger partial charge in [-0.15, -0.1) is 13.3 Å². The van der Waals surface area contributed by atoms with Crippen LogP contribution in [0.4, 0.5) is 0 Å². The minimum absolute atomic E-state index is 0. The average molecular weight is 439 g/mol. The van der Waals surface area contributed by atoms with Crippen LogP contribution >= 0.6 is 0 Å². The summed E-state index contributed by atoms with van der Waals surface area (Å²) in [5.41, 5.74) is 8.33. The molecule has 0 heterocycles. The third-order valence-corrected chi connectivity index (χ3v) is 3.95. The minimum Gasteiger partial charge on any atom is -1.00 e. The van der Waals surface area contributed by atoms with Crippen LogP contribution in [0.2, 0.25) is 13.1 Å². The van der Waals surface area contributed by atoms with Gasteiger partial charge in [0.05, 0.1) is 5.91 Å². The van der Waals surface area contributed by atoms with E-state index >= 15 is 0 Å². The van der Waals surface area contributed by atoms with E-state index < -0.39 is 0 Å². The van der Waals surface area contributed by atoms with Crippen LogP contribution in [0.1, 0.15) is 39.0 Å². The maximum absolute atomic E-state index is 10.7. The monoisotopic (exact) mass is 436 g/mol. The van der Waals surface area contributed by atoms with E-state index in [9.17, 15) is 4.79 Å². The molecule has 3 aliphatic rings. The first-order valence-electron chi connectivity index (χ1n) is 7.31. The SMILES string of the molecule is CC1=CC[C-]=C1.C[SiH]C.[Cl-].[Cl-].[NH-]C(=O)C1CC2CCC1C2.[Zr+4]. The topological polar surface area (TPSA) is 40.9 Å². The van der Waals surface area contributed by atoms with Gasteiger partial charge in [-0.3, -0.25) is 6.08 Å². The Kier molecular flexibility index (Phi) is 19.0. The molecule has 3 atom stereocenters. The van der Waals surface area contributed by atoms with E-state index in [2.05, 4.69) is 32.2 Å². The summed E-state index contributed by atoms with van der Waals surface area (Å²) in [5.74, 6) is 1.20. The van der Waals surface area contributed by atoms with Gasteiger partial charge in [0.2, 0.25) is 0 Å². The molecule has 0 spiro atoms. The van der Waals surface area contributed by atoms with E-state index in [1.807, 2.05) is 6.08 Å². The molecular formula is C16H26Cl2NOSiZr. The Bertz CT molecular complexity index is 361. The first-order chi connectivity index (χ1) is 9.08. The fraction of sp³-hybridized carbons (Fsp3) is 0.688. The summed E-state index contributed by atoms with van der Waals surface area (Å²) < 4.78 is 0. The number of carbonyl (C=O) groups is 1. The molecule has 1 amide bonds. The predicted molar refractivity (Wildman–Crippen MR) is 83.3 cm³/mol. The maximum Gasteiger partial charge on any atom is 4.00 e. The van der Waals surface area contributed by atoms with Crippen LogP contribution in [-0.4, -0.2) is 15.4 Å². The molecule has 0 saturated heterocycles. The quantitative estimate of drug-likeness (QED) is 0.353. The van der Waals surface area contributed by atoms with Crippen molar-refractivity contribution in [1.82, 2.24) is 0 Å². The second kappa shape index (κ2) is 15.2. The summed E-state index contributed by atoms with van der Waals surface area (Å²) in [6.07, 6.45) is 13.0. The molecule has 3 unspecified atom stereocenters. The standard InChI is InChI=1S/C8H13NO.C6H7.C2H7Si.2ClH.Zr/c9-8(10)7-4-5-1-2-6(7)3-5;1-6-4-2-3-5-6;1-3-2;;;/h5-7H,1-4H2,(H2,9,10);4-5H,2H2,1H3;3H,1-2H3;2*1H;/q;-1;;;;+4/p-3. The van der Waals surface area contributed by atoms with Gasteiger partial charge in [-0.2, -0.15) is 6.08 Å². The molecule has 2 fully saturated rings. The Morgan fingerprint density at radius 2 is 1.86 bits per heavy atom. The molecule has 3 rings (SSSR count). The van der Waals surface area contributed by atoms with Crippen molar-refractivity contribution in [3.63, 3.8) is 0 Å². The van der Waals surface area contributed by atoms with Crippen LogP contribution in [0.5, 0.6) is 0 Å². The Balaban J connectivity index is -0.000000265. The van der Waals surface area contributed by atoms with Gasteiger partial charge in [0, 0.05) is 15.4 Å². The second-order valence-corrected chi connectivity index (χ2v) is 6.88. The molecule has 22 heavy (non-hydrogen) atoms. The van der Waals surface area contributed by atoms with Crippen molar-refractivity contribution >= 4 is 15.4 Å². The first kappa shape index (κ1) is 27.5. The third kappa shape index (κ3) is 9.70. The van der Waals surface area contributed by atoms with Crippen molar-refractivity contribution in [3.8, 4) is 0 Å². The van der Waals surface area contributed by atoms with Crippen LogP contribution in [-0.2, 0) is 31.0 Å². The van der Waals surface area contributed by atoms with Gasteiger partial charge in [0.1, 0.15) is 0 Å². The number of carbonyl (C=O) groups excluding carboxylic acids is 1. The number of hydrogen-bond acceptors (Lipinski definition) is 1. The van der Waals surface area contributed by atoms with Crippen molar-refractivity contribution < 1.29 is 55.8 Å². The molecule has 2 bridgehead atoms. The van der Waals surface area contributed by atoms with E-state index in [1.54, 1.807) is 0 Å². The predicted octanol–water partition coefficient (Wildman–Crippen LogP) is -1.78. The van der Waals surface area contributed by atoms with E-state index in [0.717, 1.165) is 28.3 Å². The smallest absolute Gasteiger partial charge is 1.00 e. The van der Waals surface area contributed by atoms with Gasteiger partial charge >= 0.3 is 26.2 Å². The Morgan fingerprint density at radius 3 is 2.05 bits per heavy atom. The summed E-state index contributed by atoms with van der Waals surface area (Å²) in [4.78, 5) is 10.7. The van der Waals surface area contributed by atoms with Crippen molar-refractivity contribution in [2.24, 2.45) is 17.8 Å². The molecular weight excluding hydrogens is 412 g/mol. The number of hydrogen-bond donors (Lipinski definition) is 0. The van der Waals surface area contributed by atoms with Gasteiger partial charge in [-0.1, -0.05) is 19.5 Å². The van der Waals surface area contributed by atoms with Crippen LogP contribution in [0.25, 0.3) is 5.73 Å². The first-order valence-corrected chi connectivity index (χ1v) is 9.62. The Hall–Kier alpha value is 0.630. The van der Waals surface area contributed by atoms with Crippen LogP contribution in [0.15, 0.2) is 17.7 Å². The zero-order valence-corrected chi connectivity index (χ0v) is 18.8. The fourth-order valence-electron chi connectivity index (χ4n) is 3.06. The Morgan fingerprint density at radius 1 is 1.27 bits per heavy atom. The summed E-state index contributed by atoms with van der Waals surface area (Å²) in [7, 11) is 0.750. The fourth-order valence-corrected chi connectivity index (χ4v) is 3.06. The van der Waals surface area contributed by atoms with E-state index in [4.69, 9.17) is 5.73 Å². The third-order valence-electron chi connectivity index (χ3n) is 3.95. The van der Waals surface area contributed by atoms with Crippen LogP contribution < -0.4 is 24.8 Å². The van der Waals surface area contributed by atoms with E-state index in [1.165, 1.54) is 24.8 Å². The zero-order chi connectivity index (χ0) is 14.3. The minimum atomic E-state index is -0.313. The number of halogens is 2. The molecule has 1 radical (unpaired) electrons. The van der Waals surface area contributed by atoms with Crippen molar-refractivity contribution in [3.05, 3.63) is 29.5 Å². The summed E-state index contributed by atoms with van der Waals surface area (Å²) in [6, 6.07) is 0. The van der Waals surface area contributed by atoms with E-state index in [0.29, 0.717) is 5.92 Å². The molecule has 6 heteroatoms. The van der Waals surface area contributed by atoms with Crippen LogP contribution in [0.3, 0.4) is 0 Å². The average Bonchev–Trinajstić information content (AvgIpc) is 3.07. The van der Waals surface area contributed by atoms with Crippen molar-refractivity contribution in [1.29, 1.82) is 0 Å². The molecule has 0 aromatic heterocycles. The molecule has 1 N–H and O–H groups in total. The molecule has 2 nitrogen and oxygen atoms in total. The molecule has 0 aromatic carbocycles. The molecule has 0 aromatic rings. The number of nitrogens with one attached hydrogen (secondary N) is 1. The van der Waals surface area contributed by atoms with Crippen molar-refractivity contribution in [2.75, 3.05) is 0 Å². The molecule has 0 aliphatic heterocycles. The van der Waals surface area contributed by atoms with E-state index in [-0.39, 0.29) is 62.8 Å². The summed E-state index contributed by atoms with van der Waals surface area (Å²) >= 11 is 0. The van der Waals surface area contributed by atoms with Gasteiger partial charge in [0.25, 0.3) is 0 Å². The van der Waals surface area contributed by atoms with Gasteiger partial charge in [0.15, 0.2) is 0 Å². The summed E-state index contributed by atoms with van der Waals surface area (Å²) in [6.45, 7) is 6.50. The number of allylic oxidation sites excluding steroid dienone is 4. The molecule has 2 saturated carbocycles. The normalized spacial score (nSPS) is 26.0. The molecule has 3 aliphatic carbocycles. The van der Waals surface area contributed by atoms with Gasteiger partial charge in [-0.25, -0.2) is 11.6 Å². The van der Waals surface area contributed by atoms with Gasteiger partial charge < -0.3 is 35.3 Å². The Labute approximate surface area is 169 Å². The maximum atomic E-state index is 10.7. The second-order valence-electron chi connectivity index (χ2n) is 5.72. The van der Waals surface area contributed by atoms with Crippen molar-refractivity contribution in [2.45, 2.75) is 52.1 Å². The number of rotatable bonds is 1. The largest absolute Gasteiger partial charge is 4.00 e. The zero-order valence-electron chi connectivity index (χ0n) is 13.7. The number of amides is 1. The van der Waals surface area contributed by atoms with Crippen LogP contribution in [0, 0.1) is 23.8 Å². The summed E-state index contributed by atoms with van der Waals surface area (Å²) in [5, 5.41) is 0. The number of fused-ring (bicyclic) bond motifs is 2. The molecule has 123 valence electrons. The van der Waals surface area contributed by atoms with Gasteiger partial charge in [-0.05, 0) is 31.1 Å².